The van der Waals surface area contributed by atoms with Crippen molar-refractivity contribution in [3.8, 4) is 5.75 Å². The molecule has 2 aromatic rings. The summed E-state index contributed by atoms with van der Waals surface area (Å²) in [5.41, 5.74) is 8.87. The third kappa shape index (κ3) is 3.81. The zero-order valence-electron chi connectivity index (χ0n) is 14.9. The number of alkyl halides is 3. The van der Waals surface area contributed by atoms with Crippen LogP contribution in [0.2, 0.25) is 0 Å². The number of hydrogen-bond donors (Lipinski definition) is 1. The van der Waals surface area contributed by atoms with Crippen LogP contribution < -0.4 is 10.5 Å². The van der Waals surface area contributed by atoms with Gasteiger partial charge in [-0.05, 0) is 54.4 Å². The topological polar surface area (TPSA) is 67.9 Å². The number of ether oxygens (including phenoxy) is 1. The van der Waals surface area contributed by atoms with Crippen LogP contribution in [0.1, 0.15) is 22.3 Å². The Bertz CT molecular complexity index is 939. The Kier molecular flexibility index (Phi) is 4.49. The van der Waals surface area contributed by atoms with E-state index < -0.39 is 6.36 Å². The Hall–Kier alpha value is -3.03. The predicted octanol–water partition coefficient (Wildman–Crippen LogP) is 3.96. The smallest absolute Gasteiger partial charge is 0.406 e. The third-order valence-electron chi connectivity index (χ3n) is 5.00. The quantitative estimate of drug-likeness (QED) is 0.637. The lowest BCUT2D eigenvalue weighted by Gasteiger charge is -2.18. The summed E-state index contributed by atoms with van der Waals surface area (Å²) in [7, 11) is 0. The van der Waals surface area contributed by atoms with Crippen molar-refractivity contribution in [2.24, 2.45) is 10.9 Å². The third-order valence-corrected chi connectivity index (χ3v) is 5.00. The highest BCUT2D eigenvalue weighted by atomic mass is 19.4. The number of anilines is 1. The summed E-state index contributed by atoms with van der Waals surface area (Å²) in [6, 6.07) is 10.7. The van der Waals surface area contributed by atoms with Crippen LogP contribution in [-0.2, 0) is 6.42 Å². The van der Waals surface area contributed by atoms with Crippen LogP contribution in [0.25, 0.3) is 0 Å². The minimum Gasteiger partial charge on any atom is -0.406 e. The molecule has 0 aliphatic carbocycles. The van der Waals surface area contributed by atoms with Crippen molar-refractivity contribution in [3.63, 3.8) is 0 Å². The molecule has 0 saturated carbocycles. The van der Waals surface area contributed by atoms with E-state index in [1.54, 1.807) is 0 Å². The van der Waals surface area contributed by atoms with Crippen molar-refractivity contribution in [1.82, 2.24) is 4.90 Å². The predicted molar refractivity (Wildman–Crippen MR) is 98.8 cm³/mol. The molecule has 4 rings (SSSR count). The molecule has 0 bridgehead atoms. The Labute approximate surface area is 159 Å². The highest BCUT2D eigenvalue weighted by Crippen LogP contribution is 2.32. The molecule has 0 aromatic heterocycles. The van der Waals surface area contributed by atoms with Gasteiger partial charge in [-0.25, -0.2) is 4.99 Å². The van der Waals surface area contributed by atoms with E-state index in [2.05, 4.69) is 14.6 Å². The van der Waals surface area contributed by atoms with Gasteiger partial charge in [-0.3, -0.25) is 4.79 Å². The van der Waals surface area contributed by atoms with Crippen molar-refractivity contribution in [1.29, 1.82) is 0 Å². The fourth-order valence-electron chi connectivity index (χ4n) is 3.65. The number of fused-ring (bicyclic) bond motifs is 1. The van der Waals surface area contributed by atoms with Crippen LogP contribution in [0.5, 0.6) is 5.75 Å². The molecule has 5 nitrogen and oxygen atoms in total. The number of aliphatic imine (C=N–C) groups is 1. The second-order valence-corrected chi connectivity index (χ2v) is 6.96. The fourth-order valence-corrected chi connectivity index (χ4v) is 3.65. The first-order valence-electron chi connectivity index (χ1n) is 8.89. The summed E-state index contributed by atoms with van der Waals surface area (Å²) in [6.45, 7) is 1.26. The average Bonchev–Trinajstić information content (AvgIpc) is 3.27. The normalized spacial score (nSPS) is 18.8. The number of nitrogens with zero attached hydrogens (tertiary/aromatic N) is 2. The standard InChI is InChI=1S/C20H18F3N3O2/c21-20(22,23)28-16-4-1-12(2-5-16)19(27)13-7-8-26(11-13)18-10-14-9-15(24)3-6-17(14)25-18/h1-6,9,13H,7-8,10-11,24H2. The maximum absolute atomic E-state index is 12.7. The lowest BCUT2D eigenvalue weighted by Crippen LogP contribution is -2.30. The van der Waals surface area contributed by atoms with Crippen molar-refractivity contribution >= 4 is 23.0 Å². The van der Waals surface area contributed by atoms with Crippen LogP contribution in [0.4, 0.5) is 24.5 Å². The van der Waals surface area contributed by atoms with E-state index in [9.17, 15) is 18.0 Å². The van der Waals surface area contributed by atoms with Gasteiger partial charge in [-0.1, -0.05) is 0 Å². The summed E-state index contributed by atoms with van der Waals surface area (Å²) in [5.74, 6) is 0.284. The molecule has 2 aliphatic rings. The van der Waals surface area contributed by atoms with Crippen molar-refractivity contribution in [2.45, 2.75) is 19.2 Å². The van der Waals surface area contributed by atoms with Gasteiger partial charge in [0.2, 0.25) is 0 Å². The Morgan fingerprint density at radius 2 is 1.93 bits per heavy atom. The molecule has 0 radical (unpaired) electrons. The summed E-state index contributed by atoms with van der Waals surface area (Å²) < 4.78 is 40.6. The summed E-state index contributed by atoms with van der Waals surface area (Å²) in [6.07, 6.45) is -3.39. The van der Waals surface area contributed by atoms with Crippen molar-refractivity contribution in [2.75, 3.05) is 18.8 Å². The molecule has 2 heterocycles. The maximum atomic E-state index is 12.7. The van der Waals surface area contributed by atoms with Crippen LogP contribution >= 0.6 is 0 Å². The zero-order valence-corrected chi connectivity index (χ0v) is 14.9. The van der Waals surface area contributed by atoms with Crippen LogP contribution in [0, 0.1) is 5.92 Å². The first-order valence-corrected chi connectivity index (χ1v) is 8.89. The number of hydrogen-bond acceptors (Lipinski definition) is 5. The first-order chi connectivity index (χ1) is 13.3. The number of ketones is 1. The van der Waals surface area contributed by atoms with Crippen LogP contribution in [-0.4, -0.2) is 36.0 Å². The molecule has 0 amide bonds. The number of benzene rings is 2. The molecule has 0 spiro atoms. The molecular weight excluding hydrogens is 371 g/mol. The van der Waals surface area contributed by atoms with E-state index in [-0.39, 0.29) is 17.5 Å². The van der Waals surface area contributed by atoms with Gasteiger partial charge in [-0.15, -0.1) is 13.2 Å². The minimum atomic E-state index is -4.75. The number of amidine groups is 1. The molecule has 2 aliphatic heterocycles. The lowest BCUT2D eigenvalue weighted by molar-refractivity contribution is -0.274. The number of carbonyl (C=O) groups excluding carboxylic acids is 1. The Morgan fingerprint density at radius 1 is 1.18 bits per heavy atom. The second-order valence-electron chi connectivity index (χ2n) is 6.96. The largest absolute Gasteiger partial charge is 0.573 e. The molecule has 8 heteroatoms. The summed E-state index contributed by atoms with van der Waals surface area (Å²) in [4.78, 5) is 19.5. The van der Waals surface area contributed by atoms with Gasteiger partial charge in [0, 0.05) is 36.7 Å². The highest BCUT2D eigenvalue weighted by molar-refractivity contribution is 5.99. The first kappa shape index (κ1) is 18.3. The summed E-state index contributed by atoms with van der Waals surface area (Å²) >= 11 is 0. The zero-order chi connectivity index (χ0) is 19.9. The molecule has 1 atom stereocenters. The van der Waals surface area contributed by atoms with Crippen LogP contribution in [0.3, 0.4) is 0 Å². The summed E-state index contributed by atoms with van der Waals surface area (Å²) in [5, 5.41) is 0. The molecule has 1 unspecified atom stereocenters. The van der Waals surface area contributed by atoms with E-state index in [1.807, 2.05) is 18.2 Å². The lowest BCUT2D eigenvalue weighted by atomic mass is 9.97. The second kappa shape index (κ2) is 6.85. The Morgan fingerprint density at radius 3 is 2.64 bits per heavy atom. The number of rotatable bonds is 3. The van der Waals surface area contributed by atoms with Crippen molar-refractivity contribution in [3.05, 3.63) is 53.6 Å². The van der Waals surface area contributed by atoms with Gasteiger partial charge in [0.25, 0.3) is 0 Å². The average molecular weight is 389 g/mol. The van der Waals surface area contributed by atoms with Crippen LogP contribution in [0.15, 0.2) is 47.5 Å². The molecule has 146 valence electrons. The molecule has 28 heavy (non-hydrogen) atoms. The van der Waals surface area contributed by atoms with Gasteiger partial charge >= 0.3 is 6.36 Å². The van der Waals surface area contributed by atoms with E-state index in [4.69, 9.17) is 5.73 Å². The molecule has 1 saturated heterocycles. The van der Waals surface area contributed by atoms with E-state index in [0.29, 0.717) is 37.2 Å². The SMILES string of the molecule is Nc1ccc2c(c1)CC(N1CCC(C(=O)c3ccc(OC(F)(F)F)cc3)C1)=N2. The maximum Gasteiger partial charge on any atom is 0.573 e. The minimum absolute atomic E-state index is 0.0820. The Balaban J connectivity index is 1.40. The van der Waals surface area contributed by atoms with Gasteiger partial charge in [0.15, 0.2) is 5.78 Å². The van der Waals surface area contributed by atoms with E-state index >= 15 is 0 Å². The van der Waals surface area contributed by atoms with Crippen molar-refractivity contribution < 1.29 is 22.7 Å². The number of Topliss-reactive ketones (excluding diaryl/α,β-unsaturated/α-hetero) is 1. The molecule has 2 N–H and O–H groups in total. The molecule has 2 aromatic carbocycles. The monoisotopic (exact) mass is 389 g/mol. The van der Waals surface area contributed by atoms with Gasteiger partial charge in [-0.2, -0.15) is 0 Å². The van der Waals surface area contributed by atoms with Gasteiger partial charge < -0.3 is 15.4 Å². The van der Waals surface area contributed by atoms with E-state index in [0.717, 1.165) is 29.2 Å². The van der Waals surface area contributed by atoms with Gasteiger partial charge in [0.05, 0.1) is 5.69 Å². The number of likely N-dealkylation sites (tertiary alicyclic amines) is 1. The number of nitrogens with two attached hydrogens (primary N) is 1. The van der Waals surface area contributed by atoms with Gasteiger partial charge in [0.1, 0.15) is 11.6 Å². The number of halogens is 3. The number of nitrogen functional groups attached to an aromatic ring is 1. The van der Waals surface area contributed by atoms with E-state index in [1.165, 1.54) is 12.1 Å². The number of carbonyl (C=O) groups is 1. The molecule has 1 fully saturated rings. The fraction of sp³-hybridized carbons (Fsp3) is 0.300. The molecular formula is C20H18F3N3O2. The highest BCUT2D eigenvalue weighted by Gasteiger charge is 2.33.